The number of nitriles is 1. The van der Waals surface area contributed by atoms with Crippen LogP contribution >= 0.6 is 31.9 Å². The third kappa shape index (κ3) is 3.76. The summed E-state index contributed by atoms with van der Waals surface area (Å²) >= 11 is 5.44. The number of nitrogens with zero attached hydrogens (tertiary/aromatic N) is 1. The summed E-state index contributed by atoms with van der Waals surface area (Å²) in [7, 11) is 0. The molecule has 2 aromatic carbocycles. The molecule has 2 aromatic rings. The van der Waals surface area contributed by atoms with Crippen LogP contribution in [-0.4, -0.2) is 10.5 Å². The van der Waals surface area contributed by atoms with Gasteiger partial charge in [0.1, 0.15) is 0 Å². The number of rotatable bonds is 4. The number of ether oxygens (including phenoxy) is 1. The van der Waals surface area contributed by atoms with E-state index in [0.29, 0.717) is 25.2 Å². The van der Waals surface area contributed by atoms with Gasteiger partial charge in [-0.3, -0.25) is 0 Å². The van der Waals surface area contributed by atoms with Crippen molar-refractivity contribution in [3.8, 4) is 11.8 Å². The molecule has 0 aliphatic rings. The smallest absolute Gasteiger partial charge is 0.250 e. The summed E-state index contributed by atoms with van der Waals surface area (Å²) in [5.41, 5.74) is 0.514. The van der Waals surface area contributed by atoms with Gasteiger partial charge >= 0.3 is 0 Å². The molecule has 2 rings (SSSR count). The Kier molecular flexibility index (Phi) is 5.49. The molecule has 0 bridgehead atoms. The molecule has 0 saturated heterocycles. The lowest BCUT2D eigenvalue weighted by molar-refractivity contribution is 0.372. The molecule has 0 amide bonds. The molecule has 1 unspecified atom stereocenters. The van der Waals surface area contributed by atoms with E-state index in [1.54, 1.807) is 24.3 Å². The van der Waals surface area contributed by atoms with Gasteiger partial charge in [-0.15, -0.1) is 0 Å². The van der Waals surface area contributed by atoms with E-state index in [9.17, 15) is 4.55 Å². The minimum atomic E-state index is -1.24. The summed E-state index contributed by atoms with van der Waals surface area (Å²) in [4.78, 5) is 0.716. The lowest BCUT2D eigenvalue weighted by Gasteiger charge is -2.13. The first-order chi connectivity index (χ1) is 9.61. The molecule has 0 radical (unpaired) electrons. The third-order valence-electron chi connectivity index (χ3n) is 2.44. The molecule has 1 atom stereocenters. The van der Waals surface area contributed by atoms with Crippen LogP contribution in [-0.2, 0) is 11.2 Å². The monoisotopic (exact) mass is 413 g/mol. The average molecular weight is 415 g/mol. The second-order valence-electron chi connectivity index (χ2n) is 3.80. The van der Waals surface area contributed by atoms with Gasteiger partial charge in [-0.2, -0.15) is 5.26 Å². The van der Waals surface area contributed by atoms with E-state index in [0.717, 1.165) is 0 Å². The first kappa shape index (κ1) is 15.4. The Hall–Kier alpha value is -1.00. The van der Waals surface area contributed by atoms with Crippen LogP contribution in [0.5, 0.6) is 5.75 Å². The van der Waals surface area contributed by atoms with Crippen molar-refractivity contribution >= 4 is 43.0 Å². The van der Waals surface area contributed by atoms with Crippen molar-refractivity contribution < 1.29 is 9.29 Å². The van der Waals surface area contributed by atoms with Gasteiger partial charge < -0.3 is 9.29 Å². The van der Waals surface area contributed by atoms with Gasteiger partial charge in [0.15, 0.2) is 10.6 Å². The van der Waals surface area contributed by atoms with E-state index in [4.69, 9.17) is 10.00 Å². The summed E-state index contributed by atoms with van der Waals surface area (Å²) < 4.78 is 18.9. The van der Waals surface area contributed by atoms with Crippen LogP contribution in [0.25, 0.3) is 0 Å². The lowest BCUT2D eigenvalue weighted by atomic mass is 10.2. The van der Waals surface area contributed by atoms with E-state index in [2.05, 4.69) is 37.9 Å². The molecule has 0 fully saturated rings. The van der Waals surface area contributed by atoms with E-state index < -0.39 is 11.2 Å². The van der Waals surface area contributed by atoms with Crippen LogP contribution in [0.2, 0.25) is 0 Å². The Bertz CT molecular complexity index is 620. The fourth-order valence-corrected chi connectivity index (χ4v) is 3.75. The van der Waals surface area contributed by atoms with E-state index in [-0.39, 0.29) is 5.94 Å². The van der Waals surface area contributed by atoms with Gasteiger partial charge in [0.25, 0.3) is 0 Å². The summed E-state index contributed by atoms with van der Waals surface area (Å²) in [6.07, 6.45) is 0. The van der Waals surface area contributed by atoms with Crippen LogP contribution in [0.3, 0.4) is 0 Å². The van der Waals surface area contributed by atoms with Crippen molar-refractivity contribution in [1.29, 1.82) is 5.26 Å². The Balaban J connectivity index is 2.10. The molecular weight excluding hydrogens is 406 g/mol. The topological polar surface area (TPSA) is 56.1 Å². The van der Waals surface area contributed by atoms with Crippen molar-refractivity contribution in [2.45, 2.75) is 4.90 Å². The highest BCUT2D eigenvalue weighted by molar-refractivity contribution is 9.11. The summed E-state index contributed by atoms with van der Waals surface area (Å²) in [6, 6.07) is 14.5. The molecular formula is C14H9Br2NO2S. The Morgan fingerprint density at radius 2 is 1.75 bits per heavy atom. The zero-order valence-electron chi connectivity index (χ0n) is 10.2. The highest BCUT2D eigenvalue weighted by atomic mass is 79.9. The van der Waals surface area contributed by atoms with Gasteiger partial charge in [-0.05, 0) is 56.1 Å². The molecule has 0 aliphatic heterocycles. The average Bonchev–Trinajstić information content (AvgIpc) is 2.46. The molecule has 6 heteroatoms. The number of hydrogen-bond acceptors (Lipinski definition) is 3. The van der Waals surface area contributed by atoms with Crippen LogP contribution < -0.4 is 4.74 Å². The summed E-state index contributed by atoms with van der Waals surface area (Å²) in [5, 5.41) is 8.86. The van der Waals surface area contributed by atoms with Gasteiger partial charge in [0.2, 0.25) is 5.94 Å². The van der Waals surface area contributed by atoms with Crippen molar-refractivity contribution in [2.75, 3.05) is 5.94 Å². The molecule has 102 valence electrons. The number of benzene rings is 2. The Morgan fingerprint density at radius 1 is 1.15 bits per heavy atom. The number of halogens is 2. The van der Waals surface area contributed by atoms with Crippen LogP contribution in [0.1, 0.15) is 5.56 Å². The zero-order chi connectivity index (χ0) is 14.5. The maximum atomic E-state index is 12.1. The zero-order valence-corrected chi connectivity index (χ0v) is 14.2. The van der Waals surface area contributed by atoms with Crippen molar-refractivity contribution in [2.24, 2.45) is 0 Å². The van der Waals surface area contributed by atoms with Gasteiger partial charge in [-0.25, -0.2) is 0 Å². The highest BCUT2D eigenvalue weighted by Crippen LogP contribution is 2.35. The molecule has 3 nitrogen and oxygen atoms in total. The first-order valence-corrected chi connectivity index (χ1v) is 8.47. The fraction of sp³-hybridized carbons (Fsp3) is 0.0714. The predicted octanol–water partition coefficient (Wildman–Crippen LogP) is 4.23. The second-order valence-corrected chi connectivity index (χ2v) is 6.91. The maximum absolute atomic E-state index is 12.1. The van der Waals surface area contributed by atoms with Crippen molar-refractivity contribution in [3.05, 3.63) is 57.0 Å². The third-order valence-corrected chi connectivity index (χ3v) is 4.75. The lowest BCUT2D eigenvalue weighted by Crippen LogP contribution is -2.13. The standard InChI is InChI=1S/C14H9Br2NO2S/c15-12-6-10(8-17)7-13(16)14(12)19-9-20(18)11-4-2-1-3-5-11/h1-7H,9H2. The van der Waals surface area contributed by atoms with Crippen LogP contribution in [0.4, 0.5) is 0 Å². The molecule has 0 N–H and O–H groups in total. The van der Waals surface area contributed by atoms with Gasteiger partial charge in [0, 0.05) is 11.2 Å². The summed E-state index contributed by atoms with van der Waals surface area (Å²) in [5.74, 6) is 0.584. The molecule has 0 aliphatic carbocycles. The van der Waals surface area contributed by atoms with E-state index in [1.807, 2.05) is 18.2 Å². The normalized spacial score (nSPS) is 11.7. The van der Waals surface area contributed by atoms with E-state index in [1.165, 1.54) is 0 Å². The summed E-state index contributed by atoms with van der Waals surface area (Å²) in [6.45, 7) is 0. The van der Waals surface area contributed by atoms with Gasteiger partial charge in [-0.1, -0.05) is 18.2 Å². The molecule has 20 heavy (non-hydrogen) atoms. The Labute approximate surface area is 137 Å². The van der Waals surface area contributed by atoms with E-state index >= 15 is 0 Å². The minimum Gasteiger partial charge on any atom is -0.609 e. The van der Waals surface area contributed by atoms with Crippen LogP contribution in [0.15, 0.2) is 56.3 Å². The molecule has 0 heterocycles. The first-order valence-electron chi connectivity index (χ1n) is 5.57. The molecule has 0 spiro atoms. The number of hydrogen-bond donors (Lipinski definition) is 0. The largest absolute Gasteiger partial charge is 0.609 e. The fourth-order valence-electron chi connectivity index (χ4n) is 1.52. The van der Waals surface area contributed by atoms with Crippen molar-refractivity contribution in [1.82, 2.24) is 0 Å². The van der Waals surface area contributed by atoms with Crippen molar-refractivity contribution in [3.63, 3.8) is 0 Å². The quantitative estimate of drug-likeness (QED) is 0.703. The van der Waals surface area contributed by atoms with Crippen LogP contribution in [0, 0.1) is 11.3 Å². The predicted molar refractivity (Wildman–Crippen MR) is 84.9 cm³/mol. The molecule has 0 saturated carbocycles. The molecule has 0 aromatic heterocycles. The second kappa shape index (κ2) is 7.14. The highest BCUT2D eigenvalue weighted by Gasteiger charge is 2.14. The Morgan fingerprint density at radius 3 is 2.30 bits per heavy atom. The SMILES string of the molecule is N#Cc1cc(Br)c(OC[S+]([O-])c2ccccc2)c(Br)c1. The minimum absolute atomic E-state index is 0.0487. The van der Waals surface area contributed by atoms with Gasteiger partial charge in [0.05, 0.1) is 20.6 Å². The maximum Gasteiger partial charge on any atom is 0.250 e.